The van der Waals surface area contributed by atoms with Crippen LogP contribution in [0.15, 0.2) is 36.5 Å². The molecule has 0 bridgehead atoms. The predicted molar refractivity (Wildman–Crippen MR) is 85.5 cm³/mol. The lowest BCUT2D eigenvalue weighted by molar-refractivity contribution is 0.0527. The molecule has 1 amide bonds. The molecular weight excluding hydrogens is 314 g/mol. The maximum absolute atomic E-state index is 12.0. The summed E-state index contributed by atoms with van der Waals surface area (Å²) in [5, 5.41) is 15.5. The molecule has 1 aromatic heterocycles. The quantitative estimate of drug-likeness (QED) is 0.749. The molecule has 0 atom stereocenters. The lowest BCUT2D eigenvalue weighted by Crippen LogP contribution is -2.20. The first-order valence-electron chi connectivity index (χ1n) is 7.47. The number of benzene rings is 1. The molecule has 2 aromatic rings. The van der Waals surface area contributed by atoms with Crippen molar-refractivity contribution in [1.82, 2.24) is 9.78 Å². The summed E-state index contributed by atoms with van der Waals surface area (Å²) in [6.07, 6.45) is 0.546. The topological polar surface area (TPSA) is 103 Å². The Bertz CT molecular complexity index is 684. The maximum atomic E-state index is 12.0. The highest BCUT2D eigenvalue weighted by Gasteiger charge is 2.21. The maximum Gasteiger partial charge on any atom is 0.413 e. The number of hydrogen-bond acceptors (Lipinski definition) is 6. The number of rotatable bonds is 7. The van der Waals surface area contributed by atoms with E-state index in [4.69, 9.17) is 14.6 Å². The molecule has 0 radical (unpaired) electrons. The van der Waals surface area contributed by atoms with Crippen LogP contribution in [0.1, 0.15) is 22.8 Å². The predicted octanol–water partition coefficient (Wildman–Crippen LogP) is 1.80. The minimum atomic E-state index is -0.732. The van der Waals surface area contributed by atoms with Gasteiger partial charge in [-0.3, -0.25) is 5.32 Å². The number of amides is 1. The Kier molecular flexibility index (Phi) is 6.32. The summed E-state index contributed by atoms with van der Waals surface area (Å²) in [6.45, 7) is 1.89. The molecule has 8 heteroatoms. The first-order chi connectivity index (χ1) is 11.7. The van der Waals surface area contributed by atoms with Gasteiger partial charge in [-0.05, 0) is 12.5 Å². The monoisotopic (exact) mass is 333 g/mol. The van der Waals surface area contributed by atoms with Crippen LogP contribution in [-0.4, -0.2) is 40.2 Å². The number of carbonyl (C=O) groups is 2. The van der Waals surface area contributed by atoms with Gasteiger partial charge in [0.15, 0.2) is 0 Å². The van der Waals surface area contributed by atoms with E-state index in [0.717, 1.165) is 5.56 Å². The van der Waals surface area contributed by atoms with E-state index < -0.39 is 12.1 Å². The molecule has 1 heterocycles. The van der Waals surface area contributed by atoms with E-state index in [-0.39, 0.29) is 37.7 Å². The van der Waals surface area contributed by atoms with E-state index in [1.807, 2.05) is 30.3 Å². The number of anilines is 1. The highest BCUT2D eigenvalue weighted by molar-refractivity contribution is 5.98. The zero-order valence-electron chi connectivity index (χ0n) is 13.3. The second kappa shape index (κ2) is 8.68. The number of aliphatic hydroxyl groups is 1. The number of esters is 1. The van der Waals surface area contributed by atoms with Crippen molar-refractivity contribution in [2.45, 2.75) is 20.1 Å². The van der Waals surface area contributed by atoms with Gasteiger partial charge < -0.3 is 14.6 Å². The first kappa shape index (κ1) is 17.5. The normalized spacial score (nSPS) is 10.2. The van der Waals surface area contributed by atoms with Gasteiger partial charge in [0.05, 0.1) is 26.0 Å². The van der Waals surface area contributed by atoms with Crippen LogP contribution in [0.3, 0.4) is 0 Å². The summed E-state index contributed by atoms with van der Waals surface area (Å²) in [7, 11) is 0. The highest BCUT2D eigenvalue weighted by Crippen LogP contribution is 2.17. The lowest BCUT2D eigenvalue weighted by atomic mass is 10.2. The average Bonchev–Trinajstić information content (AvgIpc) is 2.97. The second-order valence-electron chi connectivity index (χ2n) is 4.76. The fraction of sp³-hybridized carbons (Fsp3) is 0.312. The second-order valence-corrected chi connectivity index (χ2v) is 4.76. The van der Waals surface area contributed by atoms with E-state index in [9.17, 15) is 9.59 Å². The molecule has 0 aliphatic heterocycles. The van der Waals surface area contributed by atoms with Crippen molar-refractivity contribution in [2.75, 3.05) is 18.5 Å². The van der Waals surface area contributed by atoms with Gasteiger partial charge in [-0.25, -0.2) is 14.3 Å². The number of nitrogens with zero attached hydrogens (tertiary/aromatic N) is 2. The Hall–Kier alpha value is -2.87. The largest absolute Gasteiger partial charge is 0.462 e. The van der Waals surface area contributed by atoms with Gasteiger partial charge in [-0.15, -0.1) is 0 Å². The smallest absolute Gasteiger partial charge is 0.413 e. The van der Waals surface area contributed by atoms with Crippen molar-refractivity contribution in [3.05, 3.63) is 47.7 Å². The van der Waals surface area contributed by atoms with Gasteiger partial charge in [0.2, 0.25) is 0 Å². The molecule has 0 aliphatic carbocycles. The van der Waals surface area contributed by atoms with E-state index in [2.05, 4.69) is 10.4 Å². The summed E-state index contributed by atoms with van der Waals surface area (Å²) in [6, 6.07) is 9.20. The molecule has 0 fully saturated rings. The Labute approximate surface area is 139 Å². The average molecular weight is 333 g/mol. The summed E-state index contributed by atoms with van der Waals surface area (Å²) in [4.78, 5) is 23.9. The minimum absolute atomic E-state index is 0.0928. The summed E-state index contributed by atoms with van der Waals surface area (Å²) in [5.74, 6) is -0.486. The molecule has 0 saturated carbocycles. The third-order valence-corrected chi connectivity index (χ3v) is 3.08. The standard InChI is InChI=1S/C16H19N3O5/c1-2-23-15(21)13-10-17-19(8-9-20)14(13)18-16(22)24-11-12-6-4-3-5-7-12/h3-7,10,20H,2,8-9,11H2,1H3,(H,18,22). The third-order valence-electron chi connectivity index (χ3n) is 3.08. The van der Waals surface area contributed by atoms with Crippen LogP contribution >= 0.6 is 0 Å². The number of nitrogens with one attached hydrogen (secondary N) is 1. The molecule has 0 spiro atoms. The molecule has 1 aromatic carbocycles. The van der Waals surface area contributed by atoms with Crippen molar-refractivity contribution < 1.29 is 24.2 Å². The minimum Gasteiger partial charge on any atom is -0.462 e. The van der Waals surface area contributed by atoms with Crippen LogP contribution in [0, 0.1) is 0 Å². The number of aliphatic hydroxyl groups excluding tert-OH is 1. The van der Waals surface area contributed by atoms with Crippen LogP contribution in [0.2, 0.25) is 0 Å². The Morgan fingerprint density at radius 1 is 1.25 bits per heavy atom. The zero-order chi connectivity index (χ0) is 17.4. The number of ether oxygens (including phenoxy) is 2. The molecule has 0 aliphatic rings. The SMILES string of the molecule is CCOC(=O)c1cnn(CCO)c1NC(=O)OCc1ccccc1. The first-order valence-corrected chi connectivity index (χ1v) is 7.47. The number of aromatic nitrogens is 2. The van der Waals surface area contributed by atoms with Crippen LogP contribution in [0.5, 0.6) is 0 Å². The zero-order valence-corrected chi connectivity index (χ0v) is 13.3. The van der Waals surface area contributed by atoms with E-state index in [0.29, 0.717) is 0 Å². The summed E-state index contributed by atoms with van der Waals surface area (Å²) < 4.78 is 11.3. The Morgan fingerprint density at radius 3 is 2.67 bits per heavy atom. The number of hydrogen-bond donors (Lipinski definition) is 2. The summed E-state index contributed by atoms with van der Waals surface area (Å²) in [5.41, 5.74) is 0.934. The lowest BCUT2D eigenvalue weighted by Gasteiger charge is -2.10. The van der Waals surface area contributed by atoms with Crippen molar-refractivity contribution >= 4 is 17.9 Å². The van der Waals surface area contributed by atoms with Gasteiger partial charge >= 0.3 is 12.1 Å². The van der Waals surface area contributed by atoms with E-state index >= 15 is 0 Å². The van der Waals surface area contributed by atoms with Crippen molar-refractivity contribution in [1.29, 1.82) is 0 Å². The fourth-order valence-electron chi connectivity index (χ4n) is 2.00. The van der Waals surface area contributed by atoms with E-state index in [1.54, 1.807) is 6.92 Å². The van der Waals surface area contributed by atoms with Crippen LogP contribution in [-0.2, 0) is 22.6 Å². The van der Waals surface area contributed by atoms with Crippen molar-refractivity contribution in [3.8, 4) is 0 Å². The molecule has 2 rings (SSSR count). The molecule has 2 N–H and O–H groups in total. The van der Waals surface area contributed by atoms with Crippen molar-refractivity contribution in [2.24, 2.45) is 0 Å². The molecule has 128 valence electrons. The molecule has 0 saturated heterocycles. The molecule has 24 heavy (non-hydrogen) atoms. The molecule has 8 nitrogen and oxygen atoms in total. The third kappa shape index (κ3) is 4.56. The van der Waals surface area contributed by atoms with Crippen LogP contribution in [0.25, 0.3) is 0 Å². The van der Waals surface area contributed by atoms with Gasteiger partial charge in [-0.2, -0.15) is 5.10 Å². The van der Waals surface area contributed by atoms with E-state index in [1.165, 1.54) is 10.9 Å². The molecule has 0 unspecified atom stereocenters. The number of carbonyl (C=O) groups excluding carboxylic acids is 2. The van der Waals surface area contributed by atoms with Crippen molar-refractivity contribution in [3.63, 3.8) is 0 Å². The van der Waals surface area contributed by atoms with Crippen LogP contribution in [0.4, 0.5) is 10.6 Å². The highest BCUT2D eigenvalue weighted by atomic mass is 16.5. The Balaban J connectivity index is 2.07. The van der Waals surface area contributed by atoms with Gasteiger partial charge in [0.25, 0.3) is 0 Å². The van der Waals surface area contributed by atoms with Crippen LogP contribution < -0.4 is 5.32 Å². The van der Waals surface area contributed by atoms with Gasteiger partial charge in [-0.1, -0.05) is 30.3 Å². The summed E-state index contributed by atoms with van der Waals surface area (Å²) >= 11 is 0. The molecular formula is C16H19N3O5. The Morgan fingerprint density at radius 2 is 2.00 bits per heavy atom. The fourth-order valence-corrected chi connectivity index (χ4v) is 2.00. The van der Waals surface area contributed by atoms with Gasteiger partial charge in [0, 0.05) is 0 Å². The van der Waals surface area contributed by atoms with Gasteiger partial charge in [0.1, 0.15) is 18.0 Å².